The first-order valence-electron chi connectivity index (χ1n) is 7.23. The predicted molar refractivity (Wildman–Crippen MR) is 87.8 cm³/mol. The van der Waals surface area contributed by atoms with Crippen molar-refractivity contribution in [2.45, 2.75) is 26.3 Å². The van der Waals surface area contributed by atoms with Crippen LogP contribution in [0.4, 0.5) is 0 Å². The van der Waals surface area contributed by atoms with Crippen molar-refractivity contribution in [2.75, 3.05) is 0 Å². The summed E-state index contributed by atoms with van der Waals surface area (Å²) in [7, 11) is 0. The lowest BCUT2D eigenvalue weighted by Gasteiger charge is -2.13. The van der Waals surface area contributed by atoms with Crippen LogP contribution in [-0.4, -0.2) is 11.9 Å². The van der Waals surface area contributed by atoms with Crippen LogP contribution in [0.5, 0.6) is 0 Å². The molecule has 2 aromatic carbocycles. The number of rotatable bonds is 5. The molecule has 1 atom stereocenters. The number of allylic oxidation sites excluding steroid dienone is 1. The number of hydrogen-bond donors (Lipinski definition) is 1. The second-order valence-electron chi connectivity index (χ2n) is 5.29. The number of benzene rings is 2. The summed E-state index contributed by atoms with van der Waals surface area (Å²) in [4.78, 5) is 12.0. The predicted octanol–water partition coefficient (Wildman–Crippen LogP) is 3.84. The fraction of sp³-hybridized carbons (Fsp3) is 0.211. The molecule has 108 valence electrons. The first-order valence-corrected chi connectivity index (χ1v) is 7.23. The number of carbonyl (C=O) groups is 1. The topological polar surface area (TPSA) is 29.1 Å². The molecule has 0 aliphatic carbocycles. The van der Waals surface area contributed by atoms with Crippen LogP contribution in [0.3, 0.4) is 0 Å². The largest absolute Gasteiger partial charge is 0.350 e. The number of amides is 1. The van der Waals surface area contributed by atoms with E-state index >= 15 is 0 Å². The van der Waals surface area contributed by atoms with E-state index in [4.69, 9.17) is 0 Å². The molecule has 2 aromatic rings. The molecule has 2 heteroatoms. The standard InChI is InChI=1S/C19H21NO/c1-15(18-11-7-4-8-12-18)13-19(21)20-16(2)14-17-9-5-3-6-10-17/h3-13,16H,14H2,1-2H3,(H,20,21). The average molecular weight is 279 g/mol. The lowest BCUT2D eigenvalue weighted by Crippen LogP contribution is -2.32. The summed E-state index contributed by atoms with van der Waals surface area (Å²) in [6.45, 7) is 3.98. The molecule has 0 fully saturated rings. The van der Waals surface area contributed by atoms with E-state index in [0.29, 0.717) is 0 Å². The second kappa shape index (κ2) is 7.44. The zero-order valence-corrected chi connectivity index (χ0v) is 12.5. The van der Waals surface area contributed by atoms with Gasteiger partial charge >= 0.3 is 0 Å². The minimum absolute atomic E-state index is 0.0419. The second-order valence-corrected chi connectivity index (χ2v) is 5.29. The maximum atomic E-state index is 12.0. The lowest BCUT2D eigenvalue weighted by atomic mass is 10.1. The SMILES string of the molecule is CC(=CC(=O)NC(C)Cc1ccccc1)c1ccccc1. The van der Waals surface area contributed by atoms with Crippen molar-refractivity contribution in [2.24, 2.45) is 0 Å². The van der Waals surface area contributed by atoms with Crippen LogP contribution in [0.2, 0.25) is 0 Å². The highest BCUT2D eigenvalue weighted by atomic mass is 16.1. The Labute approximate surface area is 126 Å². The number of nitrogens with one attached hydrogen (secondary N) is 1. The molecule has 1 N–H and O–H groups in total. The molecule has 0 spiro atoms. The molecule has 0 saturated heterocycles. The van der Waals surface area contributed by atoms with E-state index in [1.807, 2.05) is 62.4 Å². The third kappa shape index (κ3) is 4.92. The summed E-state index contributed by atoms with van der Waals surface area (Å²) < 4.78 is 0. The average Bonchev–Trinajstić information content (AvgIpc) is 2.48. The molecule has 0 aliphatic rings. The molecule has 1 unspecified atom stereocenters. The number of carbonyl (C=O) groups excluding carboxylic acids is 1. The molecule has 0 aromatic heterocycles. The highest BCUT2D eigenvalue weighted by Crippen LogP contribution is 2.12. The van der Waals surface area contributed by atoms with E-state index in [2.05, 4.69) is 17.4 Å². The summed E-state index contributed by atoms with van der Waals surface area (Å²) in [6.07, 6.45) is 2.50. The van der Waals surface area contributed by atoms with Gasteiger partial charge in [0.05, 0.1) is 0 Å². The van der Waals surface area contributed by atoms with Crippen molar-refractivity contribution < 1.29 is 4.79 Å². The van der Waals surface area contributed by atoms with Crippen LogP contribution in [0.15, 0.2) is 66.7 Å². The Morgan fingerprint density at radius 3 is 2.24 bits per heavy atom. The Kier molecular flexibility index (Phi) is 5.33. The molecule has 0 heterocycles. The van der Waals surface area contributed by atoms with E-state index in [9.17, 15) is 4.79 Å². The maximum absolute atomic E-state index is 12.0. The van der Waals surface area contributed by atoms with Gasteiger partial charge in [-0.1, -0.05) is 60.7 Å². The van der Waals surface area contributed by atoms with Crippen molar-refractivity contribution in [3.63, 3.8) is 0 Å². The van der Waals surface area contributed by atoms with Gasteiger partial charge < -0.3 is 5.32 Å². The van der Waals surface area contributed by atoms with Crippen LogP contribution < -0.4 is 5.32 Å². The summed E-state index contributed by atoms with van der Waals surface area (Å²) in [5, 5.41) is 3.01. The van der Waals surface area contributed by atoms with E-state index in [1.165, 1.54) is 5.56 Å². The molecular weight excluding hydrogens is 258 g/mol. The van der Waals surface area contributed by atoms with Gasteiger partial charge in [-0.25, -0.2) is 0 Å². The van der Waals surface area contributed by atoms with Gasteiger partial charge in [0, 0.05) is 12.1 Å². The van der Waals surface area contributed by atoms with Gasteiger partial charge in [-0.05, 0) is 37.0 Å². The fourth-order valence-corrected chi connectivity index (χ4v) is 2.28. The Balaban J connectivity index is 1.92. The van der Waals surface area contributed by atoms with Gasteiger partial charge in [0.15, 0.2) is 0 Å². The molecule has 1 amide bonds. The molecule has 0 bridgehead atoms. The Morgan fingerprint density at radius 1 is 1.05 bits per heavy atom. The van der Waals surface area contributed by atoms with E-state index in [1.54, 1.807) is 6.08 Å². The summed E-state index contributed by atoms with van der Waals surface area (Å²) in [5.41, 5.74) is 3.28. The monoisotopic (exact) mass is 279 g/mol. The zero-order chi connectivity index (χ0) is 15.1. The smallest absolute Gasteiger partial charge is 0.244 e. The van der Waals surface area contributed by atoms with Crippen LogP contribution >= 0.6 is 0 Å². The van der Waals surface area contributed by atoms with E-state index in [-0.39, 0.29) is 11.9 Å². The van der Waals surface area contributed by atoms with Crippen molar-refractivity contribution in [1.82, 2.24) is 5.32 Å². The Bertz CT molecular complexity index is 602. The van der Waals surface area contributed by atoms with Gasteiger partial charge in [-0.15, -0.1) is 0 Å². The Morgan fingerprint density at radius 2 is 1.62 bits per heavy atom. The molecule has 0 saturated carbocycles. The van der Waals surface area contributed by atoms with Gasteiger partial charge in [0.25, 0.3) is 0 Å². The van der Waals surface area contributed by atoms with Crippen molar-refractivity contribution in [3.8, 4) is 0 Å². The minimum Gasteiger partial charge on any atom is -0.350 e. The molecule has 2 rings (SSSR count). The van der Waals surface area contributed by atoms with Crippen molar-refractivity contribution >= 4 is 11.5 Å². The van der Waals surface area contributed by atoms with Gasteiger partial charge in [-0.3, -0.25) is 4.79 Å². The summed E-state index contributed by atoms with van der Waals surface area (Å²) >= 11 is 0. The third-order valence-corrected chi connectivity index (χ3v) is 3.35. The van der Waals surface area contributed by atoms with E-state index in [0.717, 1.165) is 17.6 Å². The first kappa shape index (κ1) is 15.0. The van der Waals surface area contributed by atoms with Crippen molar-refractivity contribution in [1.29, 1.82) is 0 Å². The molecule has 2 nitrogen and oxygen atoms in total. The quantitative estimate of drug-likeness (QED) is 0.828. The summed E-state index contributed by atoms with van der Waals surface area (Å²) in [5.74, 6) is -0.0419. The molecule has 21 heavy (non-hydrogen) atoms. The van der Waals surface area contributed by atoms with Crippen LogP contribution in [-0.2, 0) is 11.2 Å². The first-order chi connectivity index (χ1) is 10.1. The highest BCUT2D eigenvalue weighted by Gasteiger charge is 2.06. The van der Waals surface area contributed by atoms with Gasteiger partial charge in [0.2, 0.25) is 5.91 Å². The fourth-order valence-electron chi connectivity index (χ4n) is 2.28. The zero-order valence-electron chi connectivity index (χ0n) is 12.5. The lowest BCUT2D eigenvalue weighted by molar-refractivity contribution is -0.117. The highest BCUT2D eigenvalue weighted by molar-refractivity contribution is 5.94. The summed E-state index contributed by atoms with van der Waals surface area (Å²) in [6, 6.07) is 20.2. The van der Waals surface area contributed by atoms with E-state index < -0.39 is 0 Å². The van der Waals surface area contributed by atoms with Gasteiger partial charge in [0.1, 0.15) is 0 Å². The van der Waals surface area contributed by atoms with Crippen LogP contribution in [0.25, 0.3) is 5.57 Å². The van der Waals surface area contributed by atoms with Crippen LogP contribution in [0.1, 0.15) is 25.0 Å². The normalized spacial score (nSPS) is 12.8. The Hall–Kier alpha value is -2.35. The molecular formula is C19H21NO. The maximum Gasteiger partial charge on any atom is 0.244 e. The van der Waals surface area contributed by atoms with Crippen molar-refractivity contribution in [3.05, 3.63) is 77.9 Å². The molecule has 0 radical (unpaired) electrons. The third-order valence-electron chi connectivity index (χ3n) is 3.35. The molecule has 0 aliphatic heterocycles. The van der Waals surface area contributed by atoms with Crippen LogP contribution in [0, 0.1) is 0 Å². The van der Waals surface area contributed by atoms with Gasteiger partial charge in [-0.2, -0.15) is 0 Å². The number of hydrogen-bond acceptors (Lipinski definition) is 1. The minimum atomic E-state index is -0.0419.